The molecule has 1 aliphatic rings. The maximum atomic E-state index is 12.2. The number of aliphatic imine (C=N–C) groups is 1. The van der Waals surface area contributed by atoms with Gasteiger partial charge in [-0.15, -0.1) is 24.0 Å². The Bertz CT molecular complexity index is 965. The highest BCUT2D eigenvalue weighted by Crippen LogP contribution is 2.35. The van der Waals surface area contributed by atoms with Crippen molar-refractivity contribution in [2.45, 2.75) is 52.8 Å². The molecule has 0 aliphatic carbocycles. The Labute approximate surface area is 213 Å². The molecule has 2 aromatic carbocycles. The van der Waals surface area contributed by atoms with Crippen LogP contribution in [0.15, 0.2) is 41.4 Å². The SMILES string of the molecule is CCCNC(=O)c1cccc(CNC(=NC)NCc2cc3c(cc2OCC)CC(C)O3)c1.I. The first-order valence-corrected chi connectivity index (χ1v) is 11.3. The maximum absolute atomic E-state index is 12.2. The van der Waals surface area contributed by atoms with Gasteiger partial charge in [0.25, 0.3) is 5.91 Å². The molecule has 2 aromatic rings. The van der Waals surface area contributed by atoms with Crippen LogP contribution >= 0.6 is 24.0 Å². The molecule has 1 heterocycles. The van der Waals surface area contributed by atoms with Crippen molar-refractivity contribution in [2.75, 3.05) is 20.2 Å². The molecule has 3 rings (SSSR count). The average molecular weight is 566 g/mol. The largest absolute Gasteiger partial charge is 0.494 e. The van der Waals surface area contributed by atoms with E-state index in [0.29, 0.717) is 37.8 Å². The fraction of sp³-hybridized carbons (Fsp3) is 0.440. The van der Waals surface area contributed by atoms with Gasteiger partial charge in [-0.2, -0.15) is 0 Å². The molecule has 0 fully saturated rings. The van der Waals surface area contributed by atoms with Crippen LogP contribution in [-0.4, -0.2) is 38.2 Å². The lowest BCUT2D eigenvalue weighted by Gasteiger charge is -2.16. The van der Waals surface area contributed by atoms with Gasteiger partial charge in [-0.25, -0.2) is 0 Å². The summed E-state index contributed by atoms with van der Waals surface area (Å²) in [5, 5.41) is 9.57. The molecule has 3 N–H and O–H groups in total. The molecular weight excluding hydrogens is 531 g/mol. The number of guanidine groups is 1. The first kappa shape index (κ1) is 26.8. The molecular formula is C25H35IN4O3. The summed E-state index contributed by atoms with van der Waals surface area (Å²) in [7, 11) is 1.74. The third kappa shape index (κ3) is 7.52. The van der Waals surface area contributed by atoms with Gasteiger partial charge in [-0.1, -0.05) is 19.1 Å². The molecule has 0 radical (unpaired) electrons. The maximum Gasteiger partial charge on any atom is 0.251 e. The van der Waals surface area contributed by atoms with Gasteiger partial charge in [0.1, 0.15) is 17.6 Å². The van der Waals surface area contributed by atoms with Crippen molar-refractivity contribution < 1.29 is 14.3 Å². The summed E-state index contributed by atoms with van der Waals surface area (Å²) in [6.45, 7) is 8.49. The fourth-order valence-electron chi connectivity index (χ4n) is 3.66. The zero-order valence-electron chi connectivity index (χ0n) is 19.9. The van der Waals surface area contributed by atoms with E-state index in [1.807, 2.05) is 38.1 Å². The van der Waals surface area contributed by atoms with Crippen LogP contribution in [0.25, 0.3) is 0 Å². The first-order valence-electron chi connectivity index (χ1n) is 11.3. The lowest BCUT2D eigenvalue weighted by molar-refractivity contribution is 0.0953. The number of carbonyl (C=O) groups is 1. The van der Waals surface area contributed by atoms with Gasteiger partial charge in [0.2, 0.25) is 0 Å². The predicted octanol–water partition coefficient (Wildman–Crippen LogP) is 4.03. The summed E-state index contributed by atoms with van der Waals surface area (Å²) in [5.41, 5.74) is 3.88. The van der Waals surface area contributed by atoms with Crippen molar-refractivity contribution in [2.24, 2.45) is 4.99 Å². The molecule has 0 saturated carbocycles. The Morgan fingerprint density at radius 3 is 2.67 bits per heavy atom. The molecule has 1 aliphatic heterocycles. The Balaban J connectivity index is 0.00000385. The van der Waals surface area contributed by atoms with Crippen LogP contribution in [0, 0.1) is 0 Å². The molecule has 0 bridgehead atoms. The number of halogens is 1. The third-order valence-corrected chi connectivity index (χ3v) is 5.23. The molecule has 33 heavy (non-hydrogen) atoms. The molecule has 7 nitrogen and oxygen atoms in total. The van der Waals surface area contributed by atoms with Crippen LogP contribution in [0.1, 0.15) is 54.2 Å². The van der Waals surface area contributed by atoms with Gasteiger partial charge in [-0.05, 0) is 50.1 Å². The van der Waals surface area contributed by atoms with Crippen molar-refractivity contribution in [3.8, 4) is 11.5 Å². The molecule has 180 valence electrons. The van der Waals surface area contributed by atoms with Gasteiger partial charge in [-0.3, -0.25) is 9.79 Å². The number of fused-ring (bicyclic) bond motifs is 1. The monoisotopic (exact) mass is 566 g/mol. The van der Waals surface area contributed by atoms with Crippen molar-refractivity contribution >= 4 is 35.8 Å². The van der Waals surface area contributed by atoms with Gasteiger partial charge < -0.3 is 25.4 Å². The summed E-state index contributed by atoms with van der Waals surface area (Å²) in [4.78, 5) is 16.5. The van der Waals surface area contributed by atoms with Gasteiger partial charge >= 0.3 is 0 Å². The molecule has 1 atom stereocenters. The van der Waals surface area contributed by atoms with E-state index < -0.39 is 0 Å². The zero-order chi connectivity index (χ0) is 22.9. The van der Waals surface area contributed by atoms with Crippen molar-refractivity contribution in [3.05, 3.63) is 58.7 Å². The molecule has 0 saturated heterocycles. The minimum atomic E-state index is -0.0483. The predicted molar refractivity (Wildman–Crippen MR) is 143 cm³/mol. The van der Waals surface area contributed by atoms with Crippen LogP contribution in [-0.2, 0) is 19.5 Å². The van der Waals surface area contributed by atoms with E-state index >= 15 is 0 Å². The van der Waals surface area contributed by atoms with Crippen LogP contribution < -0.4 is 25.4 Å². The van der Waals surface area contributed by atoms with E-state index in [-0.39, 0.29) is 36.0 Å². The lowest BCUT2D eigenvalue weighted by Crippen LogP contribution is -2.36. The number of benzene rings is 2. The second-order valence-electron chi connectivity index (χ2n) is 7.87. The Kier molecular flexibility index (Phi) is 10.8. The van der Waals surface area contributed by atoms with Crippen LogP contribution in [0.5, 0.6) is 11.5 Å². The molecule has 1 amide bonds. The third-order valence-electron chi connectivity index (χ3n) is 5.23. The highest BCUT2D eigenvalue weighted by atomic mass is 127. The number of amides is 1. The van der Waals surface area contributed by atoms with Gasteiger partial charge in [0.15, 0.2) is 5.96 Å². The summed E-state index contributed by atoms with van der Waals surface area (Å²) >= 11 is 0. The molecule has 8 heteroatoms. The van der Waals surface area contributed by atoms with E-state index in [0.717, 1.165) is 35.5 Å². The van der Waals surface area contributed by atoms with E-state index in [1.165, 1.54) is 5.56 Å². The van der Waals surface area contributed by atoms with Crippen LogP contribution in [0.2, 0.25) is 0 Å². The van der Waals surface area contributed by atoms with E-state index in [4.69, 9.17) is 9.47 Å². The minimum Gasteiger partial charge on any atom is -0.494 e. The summed E-state index contributed by atoms with van der Waals surface area (Å²) in [6.07, 6.45) is 2.01. The smallest absolute Gasteiger partial charge is 0.251 e. The lowest BCUT2D eigenvalue weighted by atomic mass is 10.1. The van der Waals surface area contributed by atoms with Gasteiger partial charge in [0, 0.05) is 49.8 Å². The highest BCUT2D eigenvalue weighted by Gasteiger charge is 2.22. The number of nitrogens with zero attached hydrogens (tertiary/aromatic N) is 1. The number of hydrogen-bond donors (Lipinski definition) is 3. The number of nitrogens with one attached hydrogen (secondary N) is 3. The normalized spacial score (nSPS) is 14.5. The van der Waals surface area contributed by atoms with Crippen molar-refractivity contribution in [1.82, 2.24) is 16.0 Å². The molecule has 0 spiro atoms. The number of ether oxygens (including phenoxy) is 2. The van der Waals surface area contributed by atoms with Crippen LogP contribution in [0.4, 0.5) is 0 Å². The Morgan fingerprint density at radius 2 is 1.94 bits per heavy atom. The molecule has 0 aromatic heterocycles. The summed E-state index contributed by atoms with van der Waals surface area (Å²) in [5.74, 6) is 2.42. The summed E-state index contributed by atoms with van der Waals surface area (Å²) in [6, 6.07) is 11.8. The minimum absolute atomic E-state index is 0. The second-order valence-corrected chi connectivity index (χ2v) is 7.87. The van der Waals surface area contributed by atoms with Crippen molar-refractivity contribution in [1.29, 1.82) is 0 Å². The summed E-state index contributed by atoms with van der Waals surface area (Å²) < 4.78 is 11.8. The topological polar surface area (TPSA) is 84.0 Å². The number of carbonyl (C=O) groups excluding carboxylic acids is 1. The first-order chi connectivity index (χ1) is 15.5. The van der Waals surface area contributed by atoms with Gasteiger partial charge in [0.05, 0.1) is 6.61 Å². The van der Waals surface area contributed by atoms with Crippen LogP contribution in [0.3, 0.4) is 0 Å². The Morgan fingerprint density at radius 1 is 1.15 bits per heavy atom. The highest BCUT2D eigenvalue weighted by molar-refractivity contribution is 14.0. The molecule has 1 unspecified atom stereocenters. The quantitative estimate of drug-likeness (QED) is 0.243. The zero-order valence-corrected chi connectivity index (χ0v) is 22.2. The van der Waals surface area contributed by atoms with Crippen molar-refractivity contribution in [3.63, 3.8) is 0 Å². The number of hydrogen-bond acceptors (Lipinski definition) is 4. The Hall–Kier alpha value is -2.49. The second kappa shape index (κ2) is 13.3. The fourth-order valence-corrected chi connectivity index (χ4v) is 3.66. The van der Waals surface area contributed by atoms with E-state index in [2.05, 4.69) is 40.0 Å². The standard InChI is InChI=1S/C25H34N4O3.HI/c1-5-10-27-24(30)19-9-7-8-18(12-19)15-28-25(26-4)29-16-21-14-23-20(11-17(3)32-23)13-22(21)31-6-2;/h7-9,12-14,17H,5-6,10-11,15-16H2,1-4H3,(H,27,30)(H2,26,28,29);1H. The average Bonchev–Trinajstić information content (AvgIpc) is 3.16. The number of rotatable bonds is 9. The van der Waals surface area contributed by atoms with E-state index in [1.54, 1.807) is 7.05 Å². The van der Waals surface area contributed by atoms with E-state index in [9.17, 15) is 4.79 Å².